The Morgan fingerprint density at radius 1 is 1.56 bits per heavy atom. The lowest BCUT2D eigenvalue weighted by atomic mass is 10.1. The molecule has 1 aromatic carbocycles. The highest BCUT2D eigenvalue weighted by Gasteiger charge is 2.29. The molecule has 6 nitrogen and oxygen atoms in total. The highest BCUT2D eigenvalue weighted by Crippen LogP contribution is 2.26. The number of aromatic nitrogens is 2. The monoisotopic (exact) mass is 245 g/mol. The molecule has 1 fully saturated rings. The summed E-state index contributed by atoms with van der Waals surface area (Å²) < 4.78 is 0. The number of nitrogen functional groups attached to an aromatic ring is 1. The summed E-state index contributed by atoms with van der Waals surface area (Å²) >= 11 is 0. The van der Waals surface area contributed by atoms with Crippen molar-refractivity contribution in [2.24, 2.45) is 0 Å². The number of nitrogens with one attached hydrogen (secondary N) is 2. The van der Waals surface area contributed by atoms with Crippen LogP contribution in [-0.2, 0) is 4.79 Å². The first-order chi connectivity index (χ1) is 8.65. The lowest BCUT2D eigenvalue weighted by Crippen LogP contribution is -2.31. The number of likely N-dealkylation sites (N-methyl/N-ethyl adjacent to an activating group) is 1. The Kier molecular flexibility index (Phi) is 2.36. The molecule has 1 aliphatic heterocycles. The molecule has 1 aromatic heterocycles. The summed E-state index contributed by atoms with van der Waals surface area (Å²) in [7, 11) is 1.81. The maximum atomic E-state index is 11.8. The number of fused-ring (bicyclic) bond motifs is 1. The molecule has 6 heteroatoms. The second-order valence-corrected chi connectivity index (χ2v) is 4.64. The number of benzene rings is 1. The first-order valence-corrected chi connectivity index (χ1v) is 5.89. The van der Waals surface area contributed by atoms with Crippen molar-refractivity contribution in [2.45, 2.75) is 12.5 Å². The van der Waals surface area contributed by atoms with Gasteiger partial charge in [0.2, 0.25) is 5.91 Å². The van der Waals surface area contributed by atoms with Gasteiger partial charge < -0.3 is 16.0 Å². The summed E-state index contributed by atoms with van der Waals surface area (Å²) in [5.41, 5.74) is 8.29. The Morgan fingerprint density at radius 2 is 2.39 bits per heavy atom. The smallest absolute Gasteiger partial charge is 0.244 e. The van der Waals surface area contributed by atoms with Gasteiger partial charge in [0, 0.05) is 19.0 Å². The van der Waals surface area contributed by atoms with E-state index in [0.717, 1.165) is 29.6 Å². The van der Waals surface area contributed by atoms with Crippen molar-refractivity contribution in [3.8, 4) is 0 Å². The third-order valence-electron chi connectivity index (χ3n) is 3.37. The number of carbonyl (C=O) groups is 1. The molecule has 3 rings (SSSR count). The van der Waals surface area contributed by atoms with Gasteiger partial charge in [-0.25, -0.2) is 0 Å². The van der Waals surface area contributed by atoms with Gasteiger partial charge >= 0.3 is 0 Å². The maximum absolute atomic E-state index is 11.8. The normalized spacial score (nSPS) is 19.7. The molecular formula is C12H15N5O. The lowest BCUT2D eigenvalue weighted by molar-refractivity contribution is -0.127. The molecular weight excluding hydrogens is 230 g/mol. The van der Waals surface area contributed by atoms with E-state index in [4.69, 9.17) is 5.73 Å². The molecule has 0 saturated carbocycles. The van der Waals surface area contributed by atoms with Crippen LogP contribution in [0.25, 0.3) is 10.9 Å². The number of carbonyl (C=O) groups excluding carboxylic acids is 1. The number of aromatic amines is 1. The summed E-state index contributed by atoms with van der Waals surface area (Å²) in [6.07, 6.45) is 2.53. The third kappa shape index (κ3) is 1.66. The Morgan fingerprint density at radius 3 is 3.11 bits per heavy atom. The molecule has 0 radical (unpaired) electrons. The van der Waals surface area contributed by atoms with Gasteiger partial charge in [0.1, 0.15) is 6.04 Å². The lowest BCUT2D eigenvalue weighted by Gasteiger charge is -2.15. The fourth-order valence-corrected chi connectivity index (χ4v) is 2.28. The van der Waals surface area contributed by atoms with E-state index in [1.54, 1.807) is 11.1 Å². The van der Waals surface area contributed by atoms with Gasteiger partial charge in [-0.15, -0.1) is 0 Å². The minimum Gasteiger partial charge on any atom is -0.397 e. The molecule has 18 heavy (non-hydrogen) atoms. The predicted octanol–water partition coefficient (Wildman–Crippen LogP) is 0.788. The van der Waals surface area contributed by atoms with Gasteiger partial charge in [-0.3, -0.25) is 9.89 Å². The molecule has 1 amide bonds. The summed E-state index contributed by atoms with van der Waals surface area (Å²) in [4.78, 5) is 13.6. The molecule has 1 atom stereocenters. The average molecular weight is 245 g/mol. The molecule has 0 aliphatic carbocycles. The van der Waals surface area contributed by atoms with Crippen LogP contribution >= 0.6 is 0 Å². The van der Waals surface area contributed by atoms with Crippen LogP contribution in [0.1, 0.15) is 6.42 Å². The minimum atomic E-state index is -0.183. The Balaban J connectivity index is 1.90. The van der Waals surface area contributed by atoms with Crippen molar-refractivity contribution in [2.75, 3.05) is 24.6 Å². The van der Waals surface area contributed by atoms with Gasteiger partial charge in [-0.1, -0.05) is 0 Å². The topological polar surface area (TPSA) is 87.0 Å². The summed E-state index contributed by atoms with van der Waals surface area (Å²) in [5, 5.41) is 11.0. The van der Waals surface area contributed by atoms with Crippen molar-refractivity contribution in [1.82, 2.24) is 15.1 Å². The average Bonchev–Trinajstić information content (AvgIpc) is 2.91. The second-order valence-electron chi connectivity index (χ2n) is 4.64. The number of likely N-dealkylation sites (tertiary alicyclic amines) is 1. The maximum Gasteiger partial charge on any atom is 0.244 e. The van der Waals surface area contributed by atoms with Gasteiger partial charge in [-0.2, -0.15) is 5.10 Å². The van der Waals surface area contributed by atoms with E-state index in [9.17, 15) is 4.79 Å². The third-order valence-corrected chi connectivity index (χ3v) is 3.37. The highest BCUT2D eigenvalue weighted by molar-refractivity contribution is 5.92. The van der Waals surface area contributed by atoms with Gasteiger partial charge in [0.05, 0.1) is 23.1 Å². The van der Waals surface area contributed by atoms with Crippen molar-refractivity contribution >= 4 is 28.2 Å². The molecule has 1 aliphatic rings. The van der Waals surface area contributed by atoms with E-state index in [-0.39, 0.29) is 11.9 Å². The van der Waals surface area contributed by atoms with Crippen molar-refractivity contribution < 1.29 is 4.79 Å². The first-order valence-electron chi connectivity index (χ1n) is 5.89. The molecule has 1 unspecified atom stereocenters. The zero-order valence-electron chi connectivity index (χ0n) is 10.1. The minimum absolute atomic E-state index is 0.110. The molecule has 94 valence electrons. The van der Waals surface area contributed by atoms with Gasteiger partial charge in [0.25, 0.3) is 0 Å². The van der Waals surface area contributed by atoms with Gasteiger partial charge in [0.15, 0.2) is 0 Å². The van der Waals surface area contributed by atoms with Crippen molar-refractivity contribution in [1.29, 1.82) is 0 Å². The number of hydrogen-bond acceptors (Lipinski definition) is 4. The molecule has 0 bridgehead atoms. The number of rotatable bonds is 2. The molecule has 4 N–H and O–H groups in total. The summed E-state index contributed by atoms with van der Waals surface area (Å²) in [6.45, 7) is 0.780. The predicted molar refractivity (Wildman–Crippen MR) is 70.2 cm³/mol. The van der Waals surface area contributed by atoms with Crippen LogP contribution < -0.4 is 11.1 Å². The van der Waals surface area contributed by atoms with Crippen LogP contribution in [0.2, 0.25) is 0 Å². The Labute approximate surface area is 104 Å². The van der Waals surface area contributed by atoms with Crippen molar-refractivity contribution in [3.05, 3.63) is 18.3 Å². The Hall–Kier alpha value is -2.24. The van der Waals surface area contributed by atoms with Crippen LogP contribution in [-0.4, -0.2) is 40.6 Å². The van der Waals surface area contributed by atoms with E-state index in [2.05, 4.69) is 15.5 Å². The largest absolute Gasteiger partial charge is 0.397 e. The molecule has 0 spiro atoms. The molecule has 2 heterocycles. The molecule has 1 saturated heterocycles. The zero-order chi connectivity index (χ0) is 12.7. The SMILES string of the molecule is CN1CCC(Nc2cc3[nH]ncc3cc2N)C1=O. The summed E-state index contributed by atoms with van der Waals surface area (Å²) in [5.74, 6) is 0.110. The van der Waals surface area contributed by atoms with Crippen molar-refractivity contribution in [3.63, 3.8) is 0 Å². The quantitative estimate of drug-likeness (QED) is 0.683. The van der Waals surface area contributed by atoms with Crippen LogP contribution in [0.5, 0.6) is 0 Å². The van der Waals surface area contributed by atoms with Gasteiger partial charge in [-0.05, 0) is 18.6 Å². The second kappa shape index (κ2) is 3.90. The summed E-state index contributed by atoms with van der Waals surface area (Å²) in [6, 6.07) is 3.56. The fourth-order valence-electron chi connectivity index (χ4n) is 2.28. The highest BCUT2D eigenvalue weighted by atomic mass is 16.2. The van der Waals surface area contributed by atoms with Crippen LogP contribution in [0.3, 0.4) is 0 Å². The number of H-pyrrole nitrogens is 1. The zero-order valence-corrected chi connectivity index (χ0v) is 10.1. The van der Waals surface area contributed by atoms with E-state index in [1.165, 1.54) is 0 Å². The Bertz CT molecular complexity index is 606. The van der Waals surface area contributed by atoms with E-state index >= 15 is 0 Å². The molecule has 2 aromatic rings. The van der Waals surface area contributed by atoms with Crippen LogP contribution in [0.4, 0.5) is 11.4 Å². The van der Waals surface area contributed by atoms with Crippen LogP contribution in [0.15, 0.2) is 18.3 Å². The number of amides is 1. The standard InChI is InChI=1S/C12H15N5O/c1-17-3-2-9(12(17)18)15-11-5-10-7(4-8(11)13)6-14-16-10/h4-6,9,15H,2-3,13H2,1H3,(H,14,16). The first kappa shape index (κ1) is 10.9. The number of nitrogens with zero attached hydrogens (tertiary/aromatic N) is 2. The number of hydrogen-bond donors (Lipinski definition) is 3. The van der Waals surface area contributed by atoms with Crippen LogP contribution in [0, 0.1) is 0 Å². The number of nitrogens with two attached hydrogens (primary N) is 1. The van der Waals surface area contributed by atoms with E-state index in [0.29, 0.717) is 5.69 Å². The van der Waals surface area contributed by atoms with E-state index < -0.39 is 0 Å². The number of anilines is 2. The fraction of sp³-hybridized carbons (Fsp3) is 0.333. The van der Waals surface area contributed by atoms with E-state index in [1.807, 2.05) is 19.2 Å².